The summed E-state index contributed by atoms with van der Waals surface area (Å²) in [5.41, 5.74) is 4.50. The van der Waals surface area contributed by atoms with E-state index in [2.05, 4.69) is 17.1 Å². The minimum Gasteiger partial charge on any atom is -0.507 e. The molecule has 0 aliphatic carbocycles. The van der Waals surface area contributed by atoms with Crippen molar-refractivity contribution in [1.29, 1.82) is 0 Å². The predicted molar refractivity (Wildman–Crippen MR) is 103 cm³/mol. The fraction of sp³-hybridized carbons (Fsp3) is 0. The van der Waals surface area contributed by atoms with Crippen LogP contribution < -0.4 is 0 Å². The molecule has 0 fully saturated rings. The van der Waals surface area contributed by atoms with Gasteiger partial charge in [-0.3, -0.25) is 4.99 Å². The summed E-state index contributed by atoms with van der Waals surface area (Å²) in [6.07, 6.45) is 1.67. The molecule has 0 spiro atoms. The lowest BCUT2D eigenvalue weighted by Crippen LogP contribution is -1.85. The molecule has 25 heavy (non-hydrogen) atoms. The van der Waals surface area contributed by atoms with E-state index in [4.69, 9.17) is 4.98 Å². The van der Waals surface area contributed by atoms with E-state index in [-0.39, 0.29) is 5.75 Å². The van der Waals surface area contributed by atoms with E-state index < -0.39 is 0 Å². The van der Waals surface area contributed by atoms with Gasteiger partial charge in [0.15, 0.2) is 0 Å². The Morgan fingerprint density at radius 3 is 2.36 bits per heavy atom. The third-order valence-corrected chi connectivity index (χ3v) is 4.05. The normalized spacial score (nSPS) is 11.2. The minimum absolute atomic E-state index is 0.225. The summed E-state index contributed by atoms with van der Waals surface area (Å²) >= 11 is 0. The number of benzene rings is 3. The lowest BCUT2D eigenvalue weighted by Gasteiger charge is -2.04. The molecule has 0 bridgehead atoms. The van der Waals surface area contributed by atoms with Gasteiger partial charge in [0.25, 0.3) is 0 Å². The van der Waals surface area contributed by atoms with Crippen molar-refractivity contribution in [2.75, 3.05) is 0 Å². The van der Waals surface area contributed by atoms with Crippen LogP contribution in [0.3, 0.4) is 0 Å². The van der Waals surface area contributed by atoms with Crippen LogP contribution in [0.5, 0.6) is 5.75 Å². The highest BCUT2D eigenvalue weighted by molar-refractivity contribution is 5.85. The number of phenolic OH excluding ortho intramolecular Hbond substituents is 1. The maximum absolute atomic E-state index is 9.77. The Morgan fingerprint density at radius 2 is 1.52 bits per heavy atom. The van der Waals surface area contributed by atoms with Gasteiger partial charge in [0.2, 0.25) is 0 Å². The van der Waals surface area contributed by atoms with Gasteiger partial charge < -0.3 is 5.11 Å². The van der Waals surface area contributed by atoms with Gasteiger partial charge in [0.05, 0.1) is 16.9 Å². The molecule has 3 heteroatoms. The molecule has 1 aromatic heterocycles. The van der Waals surface area contributed by atoms with Crippen molar-refractivity contribution >= 4 is 22.8 Å². The van der Waals surface area contributed by atoms with E-state index >= 15 is 0 Å². The highest BCUT2D eigenvalue weighted by Gasteiger charge is 2.01. The molecule has 0 saturated carbocycles. The summed E-state index contributed by atoms with van der Waals surface area (Å²) in [4.78, 5) is 9.13. The summed E-state index contributed by atoms with van der Waals surface area (Å²) in [6.45, 7) is 0. The Morgan fingerprint density at radius 1 is 0.760 bits per heavy atom. The van der Waals surface area contributed by atoms with Gasteiger partial charge in [-0.25, -0.2) is 4.98 Å². The molecule has 4 rings (SSSR count). The number of fused-ring (bicyclic) bond motifs is 1. The van der Waals surface area contributed by atoms with Crippen LogP contribution in [0, 0.1) is 0 Å². The molecule has 0 saturated heterocycles. The summed E-state index contributed by atoms with van der Waals surface area (Å²) in [5, 5.41) is 10.9. The fourth-order valence-electron chi connectivity index (χ4n) is 2.69. The summed E-state index contributed by atoms with van der Waals surface area (Å²) in [7, 11) is 0. The van der Waals surface area contributed by atoms with E-state index in [1.807, 2.05) is 60.7 Å². The Balaban J connectivity index is 1.60. The molecule has 120 valence electrons. The molecule has 0 aliphatic heterocycles. The van der Waals surface area contributed by atoms with Gasteiger partial charge >= 0.3 is 0 Å². The Labute approximate surface area is 146 Å². The molecular formula is C22H16N2O. The first-order valence-electron chi connectivity index (χ1n) is 8.08. The first-order chi connectivity index (χ1) is 12.3. The van der Waals surface area contributed by atoms with Gasteiger partial charge in [-0.05, 0) is 36.4 Å². The quantitative estimate of drug-likeness (QED) is 0.516. The molecule has 3 nitrogen and oxygen atoms in total. The predicted octanol–water partition coefficient (Wildman–Crippen LogP) is 5.36. The van der Waals surface area contributed by atoms with Crippen LogP contribution in [0.1, 0.15) is 5.56 Å². The standard InChI is InChI=1S/C22H16N2O/c25-22-8-4-2-6-18(22)15-23-19-12-9-17(10-13-19)21-14-11-16-5-1-3-7-20(16)24-21/h1-15,25H. The smallest absolute Gasteiger partial charge is 0.124 e. The van der Waals surface area contributed by atoms with Crippen molar-refractivity contribution in [3.05, 3.63) is 90.5 Å². The summed E-state index contributed by atoms with van der Waals surface area (Å²) < 4.78 is 0. The second-order valence-electron chi connectivity index (χ2n) is 5.75. The first kappa shape index (κ1) is 15.1. The van der Waals surface area contributed by atoms with Crippen LogP contribution in [0.25, 0.3) is 22.2 Å². The number of pyridine rings is 1. The van der Waals surface area contributed by atoms with E-state index in [9.17, 15) is 5.11 Å². The second kappa shape index (κ2) is 6.57. The number of hydrogen-bond donors (Lipinski definition) is 1. The van der Waals surface area contributed by atoms with Crippen molar-refractivity contribution < 1.29 is 5.11 Å². The first-order valence-corrected chi connectivity index (χ1v) is 8.08. The molecule has 4 aromatic rings. The number of aromatic nitrogens is 1. The fourth-order valence-corrected chi connectivity index (χ4v) is 2.69. The van der Waals surface area contributed by atoms with Crippen LogP contribution in [-0.4, -0.2) is 16.3 Å². The molecule has 0 amide bonds. The number of phenols is 1. The molecule has 1 heterocycles. The third-order valence-electron chi connectivity index (χ3n) is 4.05. The topological polar surface area (TPSA) is 45.5 Å². The molecule has 1 N–H and O–H groups in total. The van der Waals surface area contributed by atoms with Crippen LogP contribution >= 0.6 is 0 Å². The molecule has 0 atom stereocenters. The number of aliphatic imine (C=N–C) groups is 1. The number of hydrogen-bond acceptors (Lipinski definition) is 3. The molecule has 0 radical (unpaired) electrons. The van der Waals surface area contributed by atoms with Gasteiger partial charge in [-0.1, -0.05) is 48.5 Å². The summed E-state index contributed by atoms with van der Waals surface area (Å²) in [6, 6.07) is 27.2. The second-order valence-corrected chi connectivity index (χ2v) is 5.75. The average molecular weight is 324 g/mol. The molecule has 3 aromatic carbocycles. The van der Waals surface area contributed by atoms with Crippen molar-refractivity contribution in [2.24, 2.45) is 4.99 Å². The Hall–Kier alpha value is -3.46. The Kier molecular flexibility index (Phi) is 3.97. The third kappa shape index (κ3) is 3.26. The largest absolute Gasteiger partial charge is 0.507 e. The number of nitrogens with zero attached hydrogens (tertiary/aromatic N) is 2. The molecule has 0 unspecified atom stereocenters. The van der Waals surface area contributed by atoms with E-state index in [0.717, 1.165) is 27.8 Å². The van der Waals surface area contributed by atoms with Crippen molar-refractivity contribution in [2.45, 2.75) is 0 Å². The number of aromatic hydroxyl groups is 1. The van der Waals surface area contributed by atoms with E-state index in [1.54, 1.807) is 18.3 Å². The highest BCUT2D eigenvalue weighted by atomic mass is 16.3. The van der Waals surface area contributed by atoms with Crippen LogP contribution in [0.4, 0.5) is 5.69 Å². The minimum atomic E-state index is 0.225. The number of rotatable bonds is 3. The zero-order valence-electron chi connectivity index (χ0n) is 13.5. The van der Waals surface area contributed by atoms with E-state index in [0.29, 0.717) is 5.56 Å². The number of para-hydroxylation sites is 2. The lowest BCUT2D eigenvalue weighted by molar-refractivity contribution is 0.474. The zero-order chi connectivity index (χ0) is 17.1. The average Bonchev–Trinajstić information content (AvgIpc) is 2.67. The van der Waals surface area contributed by atoms with E-state index in [1.165, 1.54) is 0 Å². The van der Waals surface area contributed by atoms with Gasteiger partial charge in [0.1, 0.15) is 5.75 Å². The van der Waals surface area contributed by atoms with Crippen LogP contribution in [0.15, 0.2) is 89.9 Å². The van der Waals surface area contributed by atoms with Crippen LogP contribution in [-0.2, 0) is 0 Å². The van der Waals surface area contributed by atoms with Crippen molar-refractivity contribution in [3.8, 4) is 17.0 Å². The Bertz CT molecular complexity index is 1050. The maximum Gasteiger partial charge on any atom is 0.124 e. The zero-order valence-corrected chi connectivity index (χ0v) is 13.5. The van der Waals surface area contributed by atoms with Gasteiger partial charge in [0, 0.05) is 22.7 Å². The highest BCUT2D eigenvalue weighted by Crippen LogP contribution is 2.24. The van der Waals surface area contributed by atoms with Crippen molar-refractivity contribution in [3.63, 3.8) is 0 Å². The van der Waals surface area contributed by atoms with Gasteiger partial charge in [-0.15, -0.1) is 0 Å². The monoisotopic (exact) mass is 324 g/mol. The lowest BCUT2D eigenvalue weighted by atomic mass is 10.1. The molecular weight excluding hydrogens is 308 g/mol. The van der Waals surface area contributed by atoms with Crippen LogP contribution in [0.2, 0.25) is 0 Å². The molecule has 0 aliphatic rings. The van der Waals surface area contributed by atoms with Gasteiger partial charge in [-0.2, -0.15) is 0 Å². The summed E-state index contributed by atoms with van der Waals surface area (Å²) in [5.74, 6) is 0.225. The SMILES string of the molecule is Oc1ccccc1C=Nc1ccc(-c2ccc3ccccc3n2)cc1. The van der Waals surface area contributed by atoms with Crippen molar-refractivity contribution in [1.82, 2.24) is 4.98 Å². The maximum atomic E-state index is 9.77.